The van der Waals surface area contributed by atoms with Gasteiger partial charge in [-0.3, -0.25) is 4.79 Å². The molecule has 1 aliphatic heterocycles. The lowest BCUT2D eigenvalue weighted by atomic mass is 10.1. The first-order valence-electron chi connectivity index (χ1n) is 10.4. The Bertz CT molecular complexity index is 1280. The molecule has 5 rings (SSSR count). The molecule has 0 aliphatic carbocycles. The fourth-order valence-corrected chi connectivity index (χ4v) is 4.03. The number of carbonyl (C=O) groups is 1. The number of hydrogen-bond acceptors (Lipinski definition) is 6. The van der Waals surface area contributed by atoms with Crippen molar-refractivity contribution >= 4 is 22.8 Å². The normalized spacial score (nSPS) is 15.8. The molecule has 8 nitrogen and oxygen atoms in total. The maximum Gasteiger partial charge on any atom is 0.246 e. The Morgan fingerprint density at radius 2 is 1.84 bits per heavy atom. The zero-order valence-corrected chi connectivity index (χ0v) is 17.4. The summed E-state index contributed by atoms with van der Waals surface area (Å²) in [6, 6.07) is 17.3. The number of para-hydroxylation sites is 1. The van der Waals surface area contributed by atoms with Crippen molar-refractivity contribution in [1.82, 2.24) is 24.6 Å². The van der Waals surface area contributed by atoms with Gasteiger partial charge < -0.3 is 15.4 Å². The van der Waals surface area contributed by atoms with Gasteiger partial charge in [0.15, 0.2) is 5.65 Å². The van der Waals surface area contributed by atoms with Gasteiger partial charge in [0.1, 0.15) is 29.3 Å². The van der Waals surface area contributed by atoms with E-state index in [0.29, 0.717) is 35.6 Å². The van der Waals surface area contributed by atoms with Crippen LogP contribution >= 0.6 is 0 Å². The summed E-state index contributed by atoms with van der Waals surface area (Å²) >= 11 is 0. The number of amides is 1. The first-order chi connectivity index (χ1) is 15.6. The van der Waals surface area contributed by atoms with Gasteiger partial charge in [0.05, 0.1) is 11.4 Å². The maximum atomic E-state index is 12.0. The summed E-state index contributed by atoms with van der Waals surface area (Å²) < 4.78 is 7.76. The summed E-state index contributed by atoms with van der Waals surface area (Å²) in [5, 5.41) is 5.57. The molecule has 0 radical (unpaired) electrons. The number of nitrogen functional groups attached to an aromatic ring is 1. The van der Waals surface area contributed by atoms with E-state index in [-0.39, 0.29) is 11.9 Å². The molecule has 4 aromatic rings. The highest BCUT2D eigenvalue weighted by molar-refractivity contribution is 5.98. The summed E-state index contributed by atoms with van der Waals surface area (Å²) in [7, 11) is 0. The average Bonchev–Trinajstić information content (AvgIpc) is 3.46. The quantitative estimate of drug-likeness (QED) is 0.487. The highest BCUT2D eigenvalue weighted by Crippen LogP contribution is 2.34. The lowest BCUT2D eigenvalue weighted by Gasteiger charge is -2.14. The zero-order chi connectivity index (χ0) is 22.1. The number of carbonyl (C=O) groups excluding carboxylic acids is 1. The Balaban J connectivity index is 1.49. The van der Waals surface area contributed by atoms with Crippen molar-refractivity contribution in [2.24, 2.45) is 0 Å². The molecule has 0 unspecified atom stereocenters. The molecule has 3 heterocycles. The topological polar surface area (TPSA) is 99.2 Å². The molecule has 32 heavy (non-hydrogen) atoms. The number of nitrogens with zero attached hydrogens (tertiary/aromatic N) is 5. The maximum absolute atomic E-state index is 12.0. The molecule has 0 spiro atoms. The molecular formula is C24H22N6O2. The van der Waals surface area contributed by atoms with Crippen LogP contribution in [0.25, 0.3) is 22.3 Å². The fraction of sp³-hybridized carbons (Fsp3) is 0.167. The molecule has 1 atom stereocenters. The second-order valence-corrected chi connectivity index (χ2v) is 7.62. The van der Waals surface area contributed by atoms with E-state index in [0.717, 1.165) is 23.5 Å². The van der Waals surface area contributed by atoms with E-state index in [9.17, 15) is 4.79 Å². The third-order valence-electron chi connectivity index (χ3n) is 5.62. The molecule has 0 saturated carbocycles. The van der Waals surface area contributed by atoms with Crippen molar-refractivity contribution in [2.75, 3.05) is 18.8 Å². The van der Waals surface area contributed by atoms with Crippen molar-refractivity contribution in [3.8, 4) is 22.8 Å². The van der Waals surface area contributed by atoms with Crippen LogP contribution in [0.2, 0.25) is 0 Å². The van der Waals surface area contributed by atoms with Gasteiger partial charge in [0.2, 0.25) is 5.91 Å². The van der Waals surface area contributed by atoms with Crippen LogP contribution < -0.4 is 10.5 Å². The third-order valence-corrected chi connectivity index (χ3v) is 5.62. The van der Waals surface area contributed by atoms with Crippen LogP contribution in [-0.2, 0) is 4.79 Å². The van der Waals surface area contributed by atoms with Crippen molar-refractivity contribution in [1.29, 1.82) is 0 Å². The predicted octanol–water partition coefficient (Wildman–Crippen LogP) is 3.83. The average molecular weight is 426 g/mol. The number of aromatic nitrogens is 4. The fourth-order valence-electron chi connectivity index (χ4n) is 4.03. The van der Waals surface area contributed by atoms with Crippen LogP contribution in [0.5, 0.6) is 11.5 Å². The number of benzene rings is 2. The van der Waals surface area contributed by atoms with Crippen LogP contribution in [-0.4, -0.2) is 43.6 Å². The van der Waals surface area contributed by atoms with E-state index in [1.807, 2.05) is 59.3 Å². The molecule has 1 fully saturated rings. The van der Waals surface area contributed by atoms with E-state index in [1.165, 1.54) is 12.4 Å². The van der Waals surface area contributed by atoms with Gasteiger partial charge in [-0.05, 0) is 48.9 Å². The van der Waals surface area contributed by atoms with Gasteiger partial charge in [0.25, 0.3) is 0 Å². The number of hydrogen-bond donors (Lipinski definition) is 1. The molecule has 1 saturated heterocycles. The lowest BCUT2D eigenvalue weighted by molar-refractivity contribution is -0.125. The highest BCUT2D eigenvalue weighted by Gasteiger charge is 2.30. The van der Waals surface area contributed by atoms with Gasteiger partial charge in [-0.15, -0.1) is 0 Å². The molecule has 1 aliphatic rings. The highest BCUT2D eigenvalue weighted by atomic mass is 16.5. The summed E-state index contributed by atoms with van der Waals surface area (Å²) in [6.07, 6.45) is 3.57. The molecular weight excluding hydrogens is 404 g/mol. The van der Waals surface area contributed by atoms with E-state index in [2.05, 4.69) is 16.5 Å². The first-order valence-corrected chi connectivity index (χ1v) is 10.4. The van der Waals surface area contributed by atoms with Gasteiger partial charge in [-0.2, -0.15) is 5.10 Å². The minimum Gasteiger partial charge on any atom is -0.457 e. The molecule has 2 aromatic carbocycles. The molecule has 160 valence electrons. The van der Waals surface area contributed by atoms with Crippen LogP contribution in [0.15, 0.2) is 73.6 Å². The number of nitrogens with two attached hydrogens (primary N) is 1. The second-order valence-electron chi connectivity index (χ2n) is 7.62. The third kappa shape index (κ3) is 3.56. The van der Waals surface area contributed by atoms with Crippen molar-refractivity contribution in [3.05, 3.63) is 73.6 Å². The first kappa shape index (κ1) is 19.7. The minimum absolute atomic E-state index is 0.00476. The van der Waals surface area contributed by atoms with Crippen LogP contribution in [0, 0.1) is 0 Å². The Morgan fingerprint density at radius 3 is 2.59 bits per heavy atom. The number of ether oxygens (including phenoxy) is 1. The minimum atomic E-state index is -0.0765. The van der Waals surface area contributed by atoms with Crippen molar-refractivity contribution in [2.45, 2.75) is 12.5 Å². The van der Waals surface area contributed by atoms with Gasteiger partial charge in [-0.25, -0.2) is 14.6 Å². The second kappa shape index (κ2) is 8.14. The monoisotopic (exact) mass is 426 g/mol. The number of anilines is 1. The Labute approximate surface area is 185 Å². The largest absolute Gasteiger partial charge is 0.457 e. The number of likely N-dealkylation sites (tertiary alicyclic amines) is 1. The van der Waals surface area contributed by atoms with E-state index < -0.39 is 0 Å². The molecule has 1 amide bonds. The predicted molar refractivity (Wildman–Crippen MR) is 122 cm³/mol. The summed E-state index contributed by atoms with van der Waals surface area (Å²) in [5.41, 5.74) is 8.48. The SMILES string of the molecule is C=CC(=O)N1CC[C@@H](n2nc(-c3ccc(Oc4ccccc4)cc3)c3c(N)ncnc32)C1. The zero-order valence-electron chi connectivity index (χ0n) is 17.4. The Morgan fingerprint density at radius 1 is 1.09 bits per heavy atom. The van der Waals surface area contributed by atoms with E-state index in [1.54, 1.807) is 4.90 Å². The molecule has 2 N–H and O–H groups in total. The lowest BCUT2D eigenvalue weighted by Crippen LogP contribution is -2.27. The number of rotatable bonds is 5. The van der Waals surface area contributed by atoms with Crippen LogP contribution in [0.3, 0.4) is 0 Å². The van der Waals surface area contributed by atoms with E-state index >= 15 is 0 Å². The van der Waals surface area contributed by atoms with Gasteiger partial charge >= 0.3 is 0 Å². The summed E-state index contributed by atoms with van der Waals surface area (Å²) in [6.45, 7) is 4.78. The van der Waals surface area contributed by atoms with Crippen LogP contribution in [0.4, 0.5) is 5.82 Å². The number of fused-ring (bicyclic) bond motifs is 1. The summed E-state index contributed by atoms with van der Waals surface area (Å²) in [4.78, 5) is 22.4. The van der Waals surface area contributed by atoms with Gasteiger partial charge in [0, 0.05) is 18.7 Å². The molecule has 0 bridgehead atoms. The smallest absolute Gasteiger partial charge is 0.246 e. The molecule has 2 aromatic heterocycles. The molecule has 8 heteroatoms. The van der Waals surface area contributed by atoms with Crippen molar-refractivity contribution in [3.63, 3.8) is 0 Å². The van der Waals surface area contributed by atoms with Crippen LogP contribution in [0.1, 0.15) is 12.5 Å². The van der Waals surface area contributed by atoms with E-state index in [4.69, 9.17) is 15.6 Å². The standard InChI is InChI=1S/C24H22N6O2/c1-2-20(31)29-13-12-17(14-29)30-24-21(23(25)26-15-27-24)22(28-30)16-8-10-19(11-9-16)32-18-6-4-3-5-7-18/h2-11,15,17H,1,12-14H2,(H2,25,26,27)/t17-/m1/s1. The van der Waals surface area contributed by atoms with Gasteiger partial charge in [-0.1, -0.05) is 24.8 Å². The Hall–Kier alpha value is -4.20. The Kier molecular flexibility index (Phi) is 5.03. The van der Waals surface area contributed by atoms with Crippen molar-refractivity contribution < 1.29 is 9.53 Å². The summed E-state index contributed by atoms with van der Waals surface area (Å²) in [5.74, 6) is 1.79.